The second-order valence-corrected chi connectivity index (χ2v) is 4.77. The van der Waals surface area contributed by atoms with Gasteiger partial charge in [-0.25, -0.2) is 9.37 Å². The number of nitrogens with zero attached hydrogens (tertiary/aromatic N) is 2. The molecule has 0 amide bonds. The van der Waals surface area contributed by atoms with E-state index in [1.54, 1.807) is 18.5 Å². The van der Waals surface area contributed by atoms with Crippen LogP contribution in [0, 0.1) is 11.7 Å². The van der Waals surface area contributed by atoms with Gasteiger partial charge in [0, 0.05) is 17.8 Å². The van der Waals surface area contributed by atoms with Gasteiger partial charge in [0.15, 0.2) is 0 Å². The molecule has 0 spiro atoms. The van der Waals surface area contributed by atoms with Gasteiger partial charge in [0.1, 0.15) is 5.82 Å². The predicted octanol–water partition coefficient (Wildman–Crippen LogP) is 2.34. The molecule has 0 saturated heterocycles. The van der Waals surface area contributed by atoms with Crippen molar-refractivity contribution in [2.24, 2.45) is 5.92 Å². The van der Waals surface area contributed by atoms with Crippen LogP contribution >= 0.6 is 0 Å². The lowest BCUT2D eigenvalue weighted by Gasteiger charge is -2.21. The van der Waals surface area contributed by atoms with Crippen molar-refractivity contribution in [2.75, 3.05) is 0 Å². The molecule has 5 heteroatoms. The molecule has 1 aliphatic rings. The van der Waals surface area contributed by atoms with E-state index in [0.717, 1.165) is 17.0 Å². The Morgan fingerprint density at radius 2 is 2.11 bits per heavy atom. The molecule has 0 aliphatic carbocycles. The first-order valence-electron chi connectivity index (χ1n) is 6.18. The highest BCUT2D eigenvalue weighted by Crippen LogP contribution is 2.29. The molecule has 0 radical (unpaired) electrons. The van der Waals surface area contributed by atoms with Gasteiger partial charge in [-0.2, -0.15) is 0 Å². The Morgan fingerprint density at radius 3 is 2.79 bits per heavy atom. The van der Waals surface area contributed by atoms with E-state index < -0.39 is 5.97 Å². The normalized spacial score (nSPS) is 18.1. The fourth-order valence-corrected chi connectivity index (χ4v) is 2.52. The van der Waals surface area contributed by atoms with E-state index >= 15 is 0 Å². The molecule has 19 heavy (non-hydrogen) atoms. The number of aromatic nitrogens is 2. The minimum absolute atomic E-state index is 0.275. The molecule has 1 atom stereocenters. The topological polar surface area (TPSA) is 55.1 Å². The summed E-state index contributed by atoms with van der Waals surface area (Å²) in [6.07, 6.45) is 2.97. The van der Waals surface area contributed by atoms with Gasteiger partial charge in [0.2, 0.25) is 0 Å². The molecule has 98 valence electrons. The Kier molecular flexibility index (Phi) is 2.81. The number of halogens is 1. The Balaban J connectivity index is 1.95. The van der Waals surface area contributed by atoms with Crippen molar-refractivity contribution in [3.05, 3.63) is 42.1 Å². The zero-order chi connectivity index (χ0) is 13.4. The first-order chi connectivity index (χ1) is 9.15. The van der Waals surface area contributed by atoms with Crippen LogP contribution in [0.25, 0.3) is 11.3 Å². The highest BCUT2D eigenvalue weighted by atomic mass is 19.1. The van der Waals surface area contributed by atoms with Gasteiger partial charge in [-0.1, -0.05) is 0 Å². The van der Waals surface area contributed by atoms with Crippen LogP contribution < -0.4 is 0 Å². The van der Waals surface area contributed by atoms with Crippen LogP contribution in [-0.2, 0) is 17.8 Å². The van der Waals surface area contributed by atoms with Crippen LogP contribution in [-0.4, -0.2) is 20.6 Å². The summed E-state index contributed by atoms with van der Waals surface area (Å²) in [5.74, 6) is -1.38. The summed E-state index contributed by atoms with van der Waals surface area (Å²) >= 11 is 0. The van der Waals surface area contributed by atoms with E-state index in [2.05, 4.69) is 4.98 Å². The van der Waals surface area contributed by atoms with Gasteiger partial charge >= 0.3 is 5.97 Å². The summed E-state index contributed by atoms with van der Waals surface area (Å²) < 4.78 is 14.8. The highest BCUT2D eigenvalue weighted by molar-refractivity contribution is 5.70. The van der Waals surface area contributed by atoms with Crippen molar-refractivity contribution in [2.45, 2.75) is 19.4 Å². The summed E-state index contributed by atoms with van der Waals surface area (Å²) in [5, 5.41) is 9.04. The van der Waals surface area contributed by atoms with Gasteiger partial charge in [-0.05, 0) is 37.1 Å². The lowest BCUT2D eigenvalue weighted by Crippen LogP contribution is -2.26. The third kappa shape index (κ3) is 2.12. The number of rotatable bonds is 2. The first kappa shape index (κ1) is 11.9. The average Bonchev–Trinajstić information content (AvgIpc) is 2.82. The summed E-state index contributed by atoms with van der Waals surface area (Å²) in [5.41, 5.74) is 2.72. The van der Waals surface area contributed by atoms with Crippen molar-refractivity contribution in [3.63, 3.8) is 0 Å². The van der Waals surface area contributed by atoms with Crippen LogP contribution in [0.1, 0.15) is 12.1 Å². The number of fused-ring (bicyclic) bond motifs is 1. The molecule has 2 heterocycles. The maximum atomic E-state index is 12.9. The standard InChI is InChI=1S/C14H13FN2O2/c15-11-4-1-9(2-5-11)13-12-6-3-10(14(18)19)7-17(12)8-16-13/h1-2,4-5,8,10H,3,6-7H2,(H,18,19). The quantitative estimate of drug-likeness (QED) is 0.901. The molecule has 1 aromatic carbocycles. The average molecular weight is 260 g/mol. The van der Waals surface area contributed by atoms with Gasteiger partial charge in [0.05, 0.1) is 17.9 Å². The molecule has 4 nitrogen and oxygen atoms in total. The molecule has 0 saturated carbocycles. The number of carboxylic acid groups (broad SMARTS) is 1. The van der Waals surface area contributed by atoms with Crippen LogP contribution in [0.4, 0.5) is 4.39 Å². The number of hydrogen-bond donors (Lipinski definition) is 1. The first-order valence-corrected chi connectivity index (χ1v) is 6.18. The minimum Gasteiger partial charge on any atom is -0.481 e. The molecule has 3 rings (SSSR count). The Hall–Kier alpha value is -2.17. The predicted molar refractivity (Wildman–Crippen MR) is 67.1 cm³/mol. The van der Waals surface area contributed by atoms with E-state index in [4.69, 9.17) is 5.11 Å². The molecule has 2 aromatic rings. The monoisotopic (exact) mass is 260 g/mol. The van der Waals surface area contributed by atoms with Crippen LogP contribution in [0.2, 0.25) is 0 Å². The van der Waals surface area contributed by atoms with E-state index in [9.17, 15) is 9.18 Å². The molecule has 0 bridgehead atoms. The maximum absolute atomic E-state index is 12.9. The van der Waals surface area contributed by atoms with Crippen molar-refractivity contribution >= 4 is 5.97 Å². The smallest absolute Gasteiger partial charge is 0.308 e. The Labute approximate surface area is 109 Å². The van der Waals surface area contributed by atoms with E-state index in [-0.39, 0.29) is 11.7 Å². The second kappa shape index (κ2) is 4.50. The molecular weight excluding hydrogens is 247 g/mol. The molecule has 1 aromatic heterocycles. The van der Waals surface area contributed by atoms with Crippen molar-refractivity contribution < 1.29 is 14.3 Å². The number of benzene rings is 1. The minimum atomic E-state index is -0.761. The van der Waals surface area contributed by atoms with Crippen molar-refractivity contribution in [1.29, 1.82) is 0 Å². The van der Waals surface area contributed by atoms with Gasteiger partial charge < -0.3 is 9.67 Å². The summed E-state index contributed by atoms with van der Waals surface area (Å²) in [7, 11) is 0. The van der Waals surface area contributed by atoms with Gasteiger partial charge in [-0.15, -0.1) is 0 Å². The summed E-state index contributed by atoms with van der Waals surface area (Å²) in [4.78, 5) is 15.3. The Morgan fingerprint density at radius 1 is 1.37 bits per heavy atom. The number of carbonyl (C=O) groups is 1. The van der Waals surface area contributed by atoms with Crippen LogP contribution in [0.3, 0.4) is 0 Å². The highest BCUT2D eigenvalue weighted by Gasteiger charge is 2.26. The number of imidazole rings is 1. The lowest BCUT2D eigenvalue weighted by atomic mass is 9.96. The van der Waals surface area contributed by atoms with Gasteiger partial charge in [-0.3, -0.25) is 4.79 Å². The molecule has 1 unspecified atom stereocenters. The molecular formula is C14H13FN2O2. The third-order valence-electron chi connectivity index (χ3n) is 3.56. The lowest BCUT2D eigenvalue weighted by molar-refractivity contribution is -0.142. The van der Waals surface area contributed by atoms with Crippen LogP contribution in [0.15, 0.2) is 30.6 Å². The molecule has 1 N–H and O–H groups in total. The fourth-order valence-electron chi connectivity index (χ4n) is 2.52. The maximum Gasteiger partial charge on any atom is 0.308 e. The molecule has 0 fully saturated rings. The van der Waals surface area contributed by atoms with E-state index in [0.29, 0.717) is 19.4 Å². The number of carboxylic acids is 1. The largest absolute Gasteiger partial charge is 0.481 e. The van der Waals surface area contributed by atoms with Crippen LogP contribution in [0.5, 0.6) is 0 Å². The third-order valence-corrected chi connectivity index (χ3v) is 3.56. The molecule has 1 aliphatic heterocycles. The Bertz CT molecular complexity index is 619. The zero-order valence-corrected chi connectivity index (χ0v) is 10.2. The van der Waals surface area contributed by atoms with Crippen molar-refractivity contribution in [1.82, 2.24) is 9.55 Å². The van der Waals surface area contributed by atoms with Gasteiger partial charge in [0.25, 0.3) is 0 Å². The van der Waals surface area contributed by atoms with E-state index in [1.807, 2.05) is 4.57 Å². The SMILES string of the molecule is O=C(O)C1CCc2c(-c3ccc(F)cc3)ncn2C1. The summed E-state index contributed by atoms with van der Waals surface area (Å²) in [6.45, 7) is 0.457. The second-order valence-electron chi connectivity index (χ2n) is 4.77. The number of aliphatic carboxylic acids is 1. The zero-order valence-electron chi connectivity index (χ0n) is 10.2. The summed E-state index contributed by atoms with van der Waals surface area (Å²) in [6, 6.07) is 6.21. The number of hydrogen-bond acceptors (Lipinski definition) is 2. The fraction of sp³-hybridized carbons (Fsp3) is 0.286. The van der Waals surface area contributed by atoms with E-state index in [1.165, 1.54) is 12.1 Å². The van der Waals surface area contributed by atoms with Crippen molar-refractivity contribution in [3.8, 4) is 11.3 Å².